The molecule has 0 saturated heterocycles. The maximum atomic E-state index is 5.38. The van der Waals surface area contributed by atoms with Crippen LogP contribution in [0.25, 0.3) is 0 Å². The van der Waals surface area contributed by atoms with Crippen LogP contribution in [0, 0.1) is 13.8 Å². The quantitative estimate of drug-likeness (QED) is 0.365. The van der Waals surface area contributed by atoms with Crippen LogP contribution in [0.2, 0.25) is 0 Å². The average molecular weight is 474 g/mol. The van der Waals surface area contributed by atoms with E-state index in [2.05, 4.69) is 59.6 Å². The zero-order valence-electron chi connectivity index (χ0n) is 15.3. The summed E-state index contributed by atoms with van der Waals surface area (Å²) < 4.78 is 5.38. The Morgan fingerprint density at radius 2 is 2.08 bits per heavy atom. The number of nitrogens with one attached hydrogen (secondary N) is 2. The molecule has 0 atom stereocenters. The maximum Gasteiger partial charge on any atom is 0.191 e. The van der Waals surface area contributed by atoms with Crippen molar-refractivity contribution in [3.8, 4) is 5.75 Å². The van der Waals surface area contributed by atoms with Crippen LogP contribution in [0.15, 0.2) is 29.4 Å². The van der Waals surface area contributed by atoms with E-state index in [0.717, 1.165) is 41.8 Å². The molecule has 7 heteroatoms. The van der Waals surface area contributed by atoms with Crippen molar-refractivity contribution in [1.82, 2.24) is 15.6 Å². The summed E-state index contributed by atoms with van der Waals surface area (Å²) in [6.07, 6.45) is 2.80. The molecule has 2 rings (SSSR count). The third-order valence-electron chi connectivity index (χ3n) is 3.56. The first kappa shape index (κ1) is 21.7. The lowest BCUT2D eigenvalue weighted by Gasteiger charge is -2.12. The van der Waals surface area contributed by atoms with Gasteiger partial charge in [0.05, 0.1) is 13.7 Å². The molecular formula is C18H27IN4OS. The van der Waals surface area contributed by atoms with Crippen LogP contribution >= 0.6 is 35.3 Å². The first-order valence-electron chi connectivity index (χ1n) is 8.19. The fourth-order valence-electron chi connectivity index (χ4n) is 2.31. The Morgan fingerprint density at radius 1 is 1.28 bits per heavy atom. The van der Waals surface area contributed by atoms with Gasteiger partial charge in [-0.05, 0) is 44.4 Å². The zero-order chi connectivity index (χ0) is 17.4. The van der Waals surface area contributed by atoms with Gasteiger partial charge in [0.2, 0.25) is 0 Å². The number of thiazole rings is 1. The Balaban J connectivity index is 0.00000312. The zero-order valence-corrected chi connectivity index (χ0v) is 18.4. The molecule has 0 spiro atoms. The van der Waals surface area contributed by atoms with Crippen LogP contribution in [-0.4, -0.2) is 31.1 Å². The molecule has 0 aliphatic carbocycles. The number of ether oxygens (including phenoxy) is 1. The molecule has 5 nitrogen and oxygen atoms in total. The van der Waals surface area contributed by atoms with Crippen molar-refractivity contribution in [3.05, 3.63) is 45.4 Å². The van der Waals surface area contributed by atoms with Crippen molar-refractivity contribution in [1.29, 1.82) is 0 Å². The van der Waals surface area contributed by atoms with E-state index in [9.17, 15) is 0 Å². The van der Waals surface area contributed by atoms with Gasteiger partial charge in [0.1, 0.15) is 10.8 Å². The van der Waals surface area contributed by atoms with Crippen LogP contribution in [-0.2, 0) is 13.0 Å². The normalized spacial score (nSPS) is 11.0. The summed E-state index contributed by atoms with van der Waals surface area (Å²) in [7, 11) is 1.71. The van der Waals surface area contributed by atoms with E-state index in [-0.39, 0.29) is 24.0 Å². The molecule has 0 aliphatic heterocycles. The van der Waals surface area contributed by atoms with Crippen LogP contribution in [0.5, 0.6) is 5.75 Å². The van der Waals surface area contributed by atoms with Crippen LogP contribution in [0.1, 0.15) is 27.9 Å². The lowest BCUT2D eigenvalue weighted by Crippen LogP contribution is -2.38. The molecule has 1 aromatic heterocycles. The predicted molar refractivity (Wildman–Crippen MR) is 117 cm³/mol. The smallest absolute Gasteiger partial charge is 0.191 e. The van der Waals surface area contributed by atoms with Crippen LogP contribution in [0.3, 0.4) is 0 Å². The van der Waals surface area contributed by atoms with Crippen LogP contribution < -0.4 is 15.4 Å². The second kappa shape index (κ2) is 11.3. The minimum atomic E-state index is 0. The highest BCUT2D eigenvalue weighted by molar-refractivity contribution is 14.0. The fraction of sp³-hybridized carbons (Fsp3) is 0.444. The molecule has 0 aliphatic rings. The van der Waals surface area contributed by atoms with Gasteiger partial charge in [0.25, 0.3) is 0 Å². The van der Waals surface area contributed by atoms with E-state index in [4.69, 9.17) is 4.74 Å². The SMILES string of the molecule is CCNC(=NCc1ncc(C)s1)NCCc1ccc(C)c(OC)c1.I. The molecule has 0 radical (unpaired) electrons. The molecule has 2 aromatic rings. The Bertz CT molecular complexity index is 687. The Kier molecular flexibility index (Phi) is 9.81. The van der Waals surface area contributed by atoms with Crippen molar-refractivity contribution in [2.75, 3.05) is 20.2 Å². The molecule has 0 saturated carbocycles. The van der Waals surface area contributed by atoms with Crippen molar-refractivity contribution in [2.45, 2.75) is 33.7 Å². The highest BCUT2D eigenvalue weighted by atomic mass is 127. The van der Waals surface area contributed by atoms with Gasteiger partial charge in [-0.1, -0.05) is 12.1 Å². The number of aliphatic imine (C=N–C) groups is 1. The van der Waals surface area contributed by atoms with Gasteiger partial charge in [-0.2, -0.15) is 0 Å². The highest BCUT2D eigenvalue weighted by Gasteiger charge is 2.03. The number of rotatable bonds is 7. The number of hydrogen-bond acceptors (Lipinski definition) is 4. The van der Waals surface area contributed by atoms with Crippen molar-refractivity contribution in [2.24, 2.45) is 4.99 Å². The molecule has 138 valence electrons. The number of aromatic nitrogens is 1. The second-order valence-corrected chi connectivity index (χ2v) is 6.86. The number of benzene rings is 1. The summed E-state index contributed by atoms with van der Waals surface area (Å²) in [5.41, 5.74) is 2.40. The lowest BCUT2D eigenvalue weighted by atomic mass is 10.1. The first-order valence-corrected chi connectivity index (χ1v) is 9.01. The minimum absolute atomic E-state index is 0. The molecule has 0 fully saturated rings. The summed E-state index contributed by atoms with van der Waals surface area (Å²) in [4.78, 5) is 10.2. The number of nitrogens with zero attached hydrogens (tertiary/aromatic N) is 2. The van der Waals surface area contributed by atoms with E-state index >= 15 is 0 Å². The number of halogens is 1. The Morgan fingerprint density at radius 3 is 2.72 bits per heavy atom. The number of aryl methyl sites for hydroxylation is 2. The summed E-state index contributed by atoms with van der Waals surface area (Å²) in [6.45, 7) is 8.43. The summed E-state index contributed by atoms with van der Waals surface area (Å²) in [5, 5.41) is 7.68. The molecule has 0 unspecified atom stereocenters. The van der Waals surface area contributed by atoms with Crippen molar-refractivity contribution < 1.29 is 4.74 Å². The topological polar surface area (TPSA) is 58.5 Å². The van der Waals surface area contributed by atoms with Gasteiger partial charge < -0.3 is 15.4 Å². The standard InChI is InChI=1S/C18H26N4OS.HI/c1-5-19-18(22-12-17-21-11-14(3)24-17)20-9-8-15-7-6-13(2)16(10-15)23-4;/h6-7,10-11H,5,8-9,12H2,1-4H3,(H2,19,20,22);1H. The van der Waals surface area contributed by atoms with E-state index in [1.807, 2.05) is 6.20 Å². The van der Waals surface area contributed by atoms with Crippen molar-refractivity contribution >= 4 is 41.3 Å². The van der Waals surface area contributed by atoms with E-state index in [1.165, 1.54) is 10.4 Å². The number of guanidine groups is 1. The average Bonchev–Trinajstić information content (AvgIpc) is 2.99. The highest BCUT2D eigenvalue weighted by Crippen LogP contribution is 2.19. The summed E-state index contributed by atoms with van der Waals surface area (Å²) in [6, 6.07) is 6.33. The van der Waals surface area contributed by atoms with Gasteiger partial charge in [-0.25, -0.2) is 9.98 Å². The molecule has 1 heterocycles. The Hall–Kier alpha value is -1.35. The molecule has 0 bridgehead atoms. The molecular weight excluding hydrogens is 447 g/mol. The number of hydrogen-bond donors (Lipinski definition) is 2. The monoisotopic (exact) mass is 474 g/mol. The van der Waals surface area contributed by atoms with Crippen LogP contribution in [0.4, 0.5) is 0 Å². The largest absolute Gasteiger partial charge is 0.496 e. The summed E-state index contributed by atoms with van der Waals surface area (Å²) in [5.74, 6) is 1.76. The van der Waals surface area contributed by atoms with E-state index in [0.29, 0.717) is 6.54 Å². The number of methoxy groups -OCH3 is 1. The fourth-order valence-corrected chi connectivity index (χ4v) is 3.02. The third-order valence-corrected chi connectivity index (χ3v) is 4.46. The molecule has 0 amide bonds. The second-order valence-electron chi connectivity index (χ2n) is 5.54. The van der Waals surface area contributed by atoms with E-state index < -0.39 is 0 Å². The minimum Gasteiger partial charge on any atom is -0.496 e. The maximum absolute atomic E-state index is 5.38. The first-order chi connectivity index (χ1) is 11.6. The van der Waals surface area contributed by atoms with E-state index in [1.54, 1.807) is 18.4 Å². The van der Waals surface area contributed by atoms with Gasteiger partial charge in [-0.15, -0.1) is 35.3 Å². The van der Waals surface area contributed by atoms with Gasteiger partial charge in [-0.3, -0.25) is 0 Å². The van der Waals surface area contributed by atoms with Crippen molar-refractivity contribution in [3.63, 3.8) is 0 Å². The molecule has 2 N–H and O–H groups in total. The van der Waals surface area contributed by atoms with Gasteiger partial charge in [0.15, 0.2) is 5.96 Å². The Labute approximate surface area is 171 Å². The molecule has 25 heavy (non-hydrogen) atoms. The summed E-state index contributed by atoms with van der Waals surface area (Å²) >= 11 is 1.69. The third kappa shape index (κ3) is 7.19. The van der Waals surface area contributed by atoms with Gasteiger partial charge >= 0.3 is 0 Å². The van der Waals surface area contributed by atoms with Gasteiger partial charge in [0, 0.05) is 24.2 Å². The lowest BCUT2D eigenvalue weighted by molar-refractivity contribution is 0.411. The molecule has 1 aromatic carbocycles. The predicted octanol–water partition coefficient (Wildman–Crippen LogP) is 3.68.